The van der Waals surface area contributed by atoms with Gasteiger partial charge in [-0.15, -0.1) is 0 Å². The van der Waals surface area contributed by atoms with Gasteiger partial charge < -0.3 is 39.0 Å². The van der Waals surface area contributed by atoms with Crippen molar-refractivity contribution >= 4 is 23.9 Å². The number of allylic oxidation sites excluding steroid dienone is 12. The summed E-state index contributed by atoms with van der Waals surface area (Å²) in [6, 6.07) is 0. The molecule has 0 aliphatic carbocycles. The molecule has 0 saturated carbocycles. The highest BCUT2D eigenvalue weighted by Gasteiger charge is 2.50. The van der Waals surface area contributed by atoms with E-state index in [1.807, 2.05) is 12.2 Å². The van der Waals surface area contributed by atoms with Crippen molar-refractivity contribution in [1.29, 1.82) is 0 Å². The Kier molecular flexibility index (Phi) is 37.9. The van der Waals surface area contributed by atoms with E-state index in [9.17, 15) is 34.5 Å². The molecule has 0 amide bonds. The lowest BCUT2D eigenvalue weighted by Crippen LogP contribution is -2.61. The molecule has 6 atom stereocenters. The fraction of sp³-hybridized carbons (Fsp3) is 0.698. The second-order valence-electron chi connectivity index (χ2n) is 16.7. The Morgan fingerprint density at radius 3 is 1.54 bits per heavy atom. The van der Waals surface area contributed by atoms with E-state index in [2.05, 4.69) is 81.5 Å². The van der Waals surface area contributed by atoms with Gasteiger partial charge in [-0.3, -0.25) is 14.4 Å². The van der Waals surface area contributed by atoms with Crippen molar-refractivity contribution in [3.63, 3.8) is 0 Å². The van der Waals surface area contributed by atoms with E-state index in [1.165, 1.54) is 25.7 Å². The third kappa shape index (κ3) is 32.5. The van der Waals surface area contributed by atoms with Crippen molar-refractivity contribution < 1.29 is 58.2 Å². The molecule has 0 aromatic heterocycles. The molecule has 1 aliphatic rings. The summed E-state index contributed by atoms with van der Waals surface area (Å²) in [4.78, 5) is 50.6. The predicted molar refractivity (Wildman–Crippen MR) is 257 cm³/mol. The van der Waals surface area contributed by atoms with Gasteiger partial charge in [0, 0.05) is 19.3 Å². The maximum atomic E-state index is 13.0. The van der Waals surface area contributed by atoms with Crippen LogP contribution in [0.5, 0.6) is 0 Å². The first-order valence-electron chi connectivity index (χ1n) is 24.9. The standard InChI is InChI=1S/C53H86O12/c1-4-7-10-13-16-19-22-23-26-27-30-33-36-39-45(54)61-42-44(63-46(55)40-37-34-31-28-24-20-17-14-11-8-5-2)43-62-53-51(49(58)48(57)50(65-53)52(59)60)64-47(56)41-38-35-32-29-25-21-18-15-12-9-6-3/h7,10,14-19,23,26,30,33,44,48-51,53,57-58H,4-6,8-9,11-13,20-22,24-25,27-29,31-32,34-43H2,1-3H3,(H,59,60)/b10-7-,17-14-,18-15-,19-16-,26-23-,33-30-. The summed E-state index contributed by atoms with van der Waals surface area (Å²) in [6.45, 7) is 5.67. The number of aliphatic hydroxyl groups excluding tert-OH is 2. The van der Waals surface area contributed by atoms with Crippen molar-refractivity contribution in [1.82, 2.24) is 0 Å². The summed E-state index contributed by atoms with van der Waals surface area (Å²) in [6.07, 6.45) is 37.8. The van der Waals surface area contributed by atoms with Gasteiger partial charge in [-0.25, -0.2) is 4.79 Å². The Balaban J connectivity index is 2.81. The number of hydrogen-bond donors (Lipinski definition) is 3. The molecule has 0 aromatic carbocycles. The van der Waals surface area contributed by atoms with E-state index in [0.717, 1.165) is 103 Å². The molecule has 6 unspecified atom stereocenters. The maximum Gasteiger partial charge on any atom is 0.335 e. The Morgan fingerprint density at radius 2 is 1.00 bits per heavy atom. The lowest BCUT2D eigenvalue weighted by Gasteiger charge is -2.40. The van der Waals surface area contributed by atoms with Crippen LogP contribution in [0.1, 0.15) is 188 Å². The maximum absolute atomic E-state index is 13.0. The fourth-order valence-corrected chi connectivity index (χ4v) is 6.87. The molecule has 0 radical (unpaired) electrons. The molecular formula is C53H86O12. The summed E-state index contributed by atoms with van der Waals surface area (Å²) >= 11 is 0. The topological polar surface area (TPSA) is 175 Å². The lowest BCUT2D eigenvalue weighted by molar-refractivity contribution is -0.301. The van der Waals surface area contributed by atoms with Crippen molar-refractivity contribution in [2.75, 3.05) is 13.2 Å². The molecule has 1 saturated heterocycles. The third-order valence-corrected chi connectivity index (χ3v) is 10.8. The normalized spacial score (nSPS) is 19.7. The Morgan fingerprint density at radius 1 is 0.523 bits per heavy atom. The van der Waals surface area contributed by atoms with Crippen LogP contribution in [-0.4, -0.2) is 89.2 Å². The molecule has 0 spiro atoms. The van der Waals surface area contributed by atoms with Crippen LogP contribution in [0, 0.1) is 0 Å². The van der Waals surface area contributed by atoms with Crippen molar-refractivity contribution in [2.24, 2.45) is 0 Å². The smallest absolute Gasteiger partial charge is 0.335 e. The van der Waals surface area contributed by atoms with Gasteiger partial charge in [-0.1, -0.05) is 158 Å². The molecule has 370 valence electrons. The van der Waals surface area contributed by atoms with Gasteiger partial charge in [0.15, 0.2) is 24.6 Å². The van der Waals surface area contributed by atoms with Crippen molar-refractivity contribution in [2.45, 2.75) is 225 Å². The number of ether oxygens (including phenoxy) is 5. The molecule has 3 N–H and O–H groups in total. The highest BCUT2D eigenvalue weighted by molar-refractivity contribution is 5.74. The molecular weight excluding hydrogens is 829 g/mol. The fourth-order valence-electron chi connectivity index (χ4n) is 6.87. The summed E-state index contributed by atoms with van der Waals surface area (Å²) in [5.74, 6) is -3.26. The van der Waals surface area contributed by atoms with E-state index in [0.29, 0.717) is 19.3 Å². The van der Waals surface area contributed by atoms with Crippen molar-refractivity contribution in [3.05, 3.63) is 72.9 Å². The van der Waals surface area contributed by atoms with Gasteiger partial charge in [0.1, 0.15) is 18.8 Å². The molecule has 1 heterocycles. The van der Waals surface area contributed by atoms with Gasteiger partial charge in [0.05, 0.1) is 6.61 Å². The van der Waals surface area contributed by atoms with Crippen LogP contribution in [0.25, 0.3) is 0 Å². The van der Waals surface area contributed by atoms with Crippen molar-refractivity contribution in [3.8, 4) is 0 Å². The van der Waals surface area contributed by atoms with Gasteiger partial charge in [-0.2, -0.15) is 0 Å². The molecule has 1 fully saturated rings. The Hall–Kier alpha value is -3.84. The monoisotopic (exact) mass is 915 g/mol. The molecule has 0 aromatic rings. The van der Waals surface area contributed by atoms with Crippen LogP contribution < -0.4 is 0 Å². The highest BCUT2D eigenvalue weighted by Crippen LogP contribution is 2.26. The first-order chi connectivity index (χ1) is 31.6. The van der Waals surface area contributed by atoms with Crippen LogP contribution in [0.2, 0.25) is 0 Å². The van der Waals surface area contributed by atoms with Crippen LogP contribution in [-0.2, 0) is 42.9 Å². The SMILES string of the molecule is CC/C=C\C/C=C\C/C=C\C/C=C\CCC(=O)OCC(COC1OC(C(=O)O)C(O)C(O)C1OC(=O)CCCCCCC/C=C\CCCC)OC(=O)CCCCCCC/C=C\CCCC. The summed E-state index contributed by atoms with van der Waals surface area (Å²) < 4.78 is 28.1. The zero-order valence-corrected chi connectivity index (χ0v) is 40.2. The number of esters is 3. The number of unbranched alkanes of at least 4 members (excludes halogenated alkanes) is 14. The van der Waals surface area contributed by atoms with Crippen LogP contribution in [0.3, 0.4) is 0 Å². The van der Waals surface area contributed by atoms with Crippen LogP contribution in [0.15, 0.2) is 72.9 Å². The molecule has 12 heteroatoms. The number of hydrogen-bond acceptors (Lipinski definition) is 11. The third-order valence-electron chi connectivity index (χ3n) is 10.8. The number of carboxylic acid groups (broad SMARTS) is 1. The minimum atomic E-state index is -1.91. The van der Waals surface area contributed by atoms with E-state index in [1.54, 1.807) is 0 Å². The number of carboxylic acids is 1. The highest BCUT2D eigenvalue weighted by atomic mass is 16.7. The molecule has 1 rings (SSSR count). The first kappa shape index (κ1) is 59.2. The van der Waals surface area contributed by atoms with Crippen LogP contribution >= 0.6 is 0 Å². The number of rotatable bonds is 40. The van der Waals surface area contributed by atoms with Gasteiger partial charge >= 0.3 is 23.9 Å². The quantitative estimate of drug-likeness (QED) is 0.0230. The van der Waals surface area contributed by atoms with Gasteiger partial charge in [-0.05, 0) is 83.5 Å². The van der Waals surface area contributed by atoms with Gasteiger partial charge in [0.25, 0.3) is 0 Å². The first-order valence-corrected chi connectivity index (χ1v) is 24.9. The molecule has 0 bridgehead atoms. The summed E-state index contributed by atoms with van der Waals surface area (Å²) in [7, 11) is 0. The number of aliphatic hydroxyl groups is 2. The van der Waals surface area contributed by atoms with Crippen LogP contribution in [0.4, 0.5) is 0 Å². The molecule has 65 heavy (non-hydrogen) atoms. The van der Waals surface area contributed by atoms with Gasteiger partial charge in [0.2, 0.25) is 0 Å². The largest absolute Gasteiger partial charge is 0.479 e. The Labute approximate surface area is 391 Å². The van der Waals surface area contributed by atoms with E-state index >= 15 is 0 Å². The number of carbonyl (C=O) groups excluding carboxylic acids is 3. The minimum absolute atomic E-state index is 0.0402. The zero-order valence-electron chi connectivity index (χ0n) is 40.2. The van der Waals surface area contributed by atoms with E-state index < -0.39 is 67.3 Å². The Bertz CT molecular complexity index is 1410. The number of carbonyl (C=O) groups is 4. The zero-order chi connectivity index (χ0) is 47.6. The lowest BCUT2D eigenvalue weighted by atomic mass is 9.98. The van der Waals surface area contributed by atoms with E-state index in [4.69, 9.17) is 23.7 Å². The second-order valence-corrected chi connectivity index (χ2v) is 16.7. The second kappa shape index (κ2) is 41.6. The predicted octanol–water partition coefficient (Wildman–Crippen LogP) is 11.4. The summed E-state index contributed by atoms with van der Waals surface area (Å²) in [5, 5.41) is 31.2. The summed E-state index contributed by atoms with van der Waals surface area (Å²) in [5.41, 5.74) is 0. The molecule has 1 aliphatic heterocycles. The average Bonchev–Trinajstić information content (AvgIpc) is 3.29. The minimum Gasteiger partial charge on any atom is -0.479 e. The molecule has 12 nitrogen and oxygen atoms in total. The number of aliphatic carboxylic acids is 1. The average molecular weight is 915 g/mol. The van der Waals surface area contributed by atoms with E-state index in [-0.39, 0.29) is 25.9 Å².